The molecule has 9 heavy (non-hydrogen) atoms. The van der Waals surface area contributed by atoms with Gasteiger partial charge in [-0.2, -0.15) is 8.42 Å². The summed E-state index contributed by atoms with van der Waals surface area (Å²) in [5.41, 5.74) is 0. The molecule has 0 radical (unpaired) electrons. The number of nitrogens with two attached hydrogens (primary N) is 1. The molecule has 0 saturated heterocycles. The van der Waals surface area contributed by atoms with Crippen LogP contribution in [0.25, 0.3) is 0 Å². The summed E-state index contributed by atoms with van der Waals surface area (Å²) in [6, 6.07) is 0. The van der Waals surface area contributed by atoms with Gasteiger partial charge >= 0.3 is 0 Å². The van der Waals surface area contributed by atoms with E-state index in [0.717, 1.165) is 0 Å². The Morgan fingerprint density at radius 2 is 2.11 bits per heavy atom. The summed E-state index contributed by atoms with van der Waals surface area (Å²) in [6.45, 7) is -0.640. The number of nitrogens with zero attached hydrogens (tertiary/aromatic N) is 1. The Labute approximate surface area is 52.0 Å². The Balaban J connectivity index is 4.05. The van der Waals surface area contributed by atoms with Crippen LogP contribution in [-0.2, 0) is 15.0 Å². The van der Waals surface area contributed by atoms with E-state index in [2.05, 4.69) is 5.14 Å². The maximum Gasteiger partial charge on any atom is 0.299 e. The first-order valence-electron chi connectivity index (χ1n) is 1.91. The molecular formula is C2H6N2O4S. The maximum atomic E-state index is 10.0. The number of rotatable bonds is 3. The third-order valence-electron chi connectivity index (χ3n) is 0.524. The molecule has 0 saturated carbocycles. The highest BCUT2D eigenvalue weighted by Gasteiger charge is 2.11. The van der Waals surface area contributed by atoms with E-state index in [-0.39, 0.29) is 10.8 Å². The largest absolute Gasteiger partial charge is 0.302 e. The number of carbonyl (C=O) groups excluding carboxylic acids is 1. The standard InChI is InChI=1S/C2H6N2O4S/c3-9(7,8)4(6)1-2-5/h2,6H,1H2,(H2,3,7,8). The van der Waals surface area contributed by atoms with Gasteiger partial charge in [-0.05, 0) is 0 Å². The van der Waals surface area contributed by atoms with Gasteiger partial charge in [0.2, 0.25) is 0 Å². The smallest absolute Gasteiger partial charge is 0.299 e. The van der Waals surface area contributed by atoms with Crippen molar-refractivity contribution in [3.8, 4) is 0 Å². The van der Waals surface area contributed by atoms with Crippen LogP contribution in [0.2, 0.25) is 0 Å². The molecule has 0 spiro atoms. The second kappa shape index (κ2) is 2.87. The molecule has 0 amide bonds. The van der Waals surface area contributed by atoms with Crippen LogP contribution in [0.5, 0.6) is 0 Å². The van der Waals surface area contributed by atoms with Crippen molar-refractivity contribution < 1.29 is 18.4 Å². The predicted octanol–water partition coefficient (Wildman–Crippen LogP) is -1.92. The minimum absolute atomic E-state index is 0.213. The normalized spacial score (nSPS) is 11.9. The highest BCUT2D eigenvalue weighted by atomic mass is 32.2. The van der Waals surface area contributed by atoms with Crippen molar-refractivity contribution in [2.24, 2.45) is 5.14 Å². The van der Waals surface area contributed by atoms with Crippen LogP contribution in [0, 0.1) is 0 Å². The molecule has 6 nitrogen and oxygen atoms in total. The van der Waals surface area contributed by atoms with Gasteiger partial charge in [-0.3, -0.25) is 5.21 Å². The third-order valence-corrected chi connectivity index (χ3v) is 1.26. The quantitative estimate of drug-likeness (QED) is 0.365. The summed E-state index contributed by atoms with van der Waals surface area (Å²) in [6.07, 6.45) is 0.213. The average Bonchev–Trinajstić information content (AvgIpc) is 1.64. The van der Waals surface area contributed by atoms with Crippen LogP contribution in [0.3, 0.4) is 0 Å². The zero-order valence-corrected chi connectivity index (χ0v) is 5.21. The van der Waals surface area contributed by atoms with Crippen molar-refractivity contribution in [1.29, 1.82) is 0 Å². The van der Waals surface area contributed by atoms with Gasteiger partial charge < -0.3 is 4.79 Å². The fraction of sp³-hybridized carbons (Fsp3) is 0.500. The summed E-state index contributed by atoms with van der Waals surface area (Å²) >= 11 is 0. The van der Waals surface area contributed by atoms with E-state index < -0.39 is 16.8 Å². The van der Waals surface area contributed by atoms with E-state index in [1.165, 1.54) is 0 Å². The molecule has 0 rings (SSSR count). The first-order chi connectivity index (χ1) is 3.98. The molecule has 0 fully saturated rings. The molecule has 0 atom stereocenters. The van der Waals surface area contributed by atoms with Gasteiger partial charge in [0.05, 0.1) is 6.54 Å². The van der Waals surface area contributed by atoms with Gasteiger partial charge in [-0.15, -0.1) is 0 Å². The lowest BCUT2D eigenvalue weighted by atomic mass is 10.8. The summed E-state index contributed by atoms with van der Waals surface area (Å²) in [7, 11) is -4.11. The second-order valence-corrected chi connectivity index (χ2v) is 2.67. The van der Waals surface area contributed by atoms with E-state index >= 15 is 0 Å². The number of aldehydes is 1. The number of carbonyl (C=O) groups is 1. The third kappa shape index (κ3) is 3.14. The first-order valence-corrected chi connectivity index (χ1v) is 3.42. The zero-order valence-electron chi connectivity index (χ0n) is 4.39. The van der Waals surface area contributed by atoms with Crippen molar-refractivity contribution >= 4 is 16.5 Å². The number of hydroxylamine groups is 1. The molecule has 7 heteroatoms. The van der Waals surface area contributed by atoms with Gasteiger partial charge in [0.15, 0.2) is 0 Å². The molecule has 0 aromatic heterocycles. The lowest BCUT2D eigenvalue weighted by Crippen LogP contribution is -2.34. The van der Waals surface area contributed by atoms with Gasteiger partial charge in [0, 0.05) is 0 Å². The van der Waals surface area contributed by atoms with Crippen LogP contribution in [0.1, 0.15) is 0 Å². The molecule has 0 bridgehead atoms. The summed E-state index contributed by atoms with van der Waals surface area (Å²) in [4.78, 5) is 9.54. The predicted molar refractivity (Wildman–Crippen MR) is 27.7 cm³/mol. The minimum atomic E-state index is -4.11. The maximum absolute atomic E-state index is 10.0. The Hall–Kier alpha value is -0.500. The van der Waals surface area contributed by atoms with Crippen LogP contribution < -0.4 is 5.14 Å². The monoisotopic (exact) mass is 154 g/mol. The molecule has 0 aromatic rings. The van der Waals surface area contributed by atoms with E-state index in [0.29, 0.717) is 0 Å². The minimum Gasteiger partial charge on any atom is -0.302 e. The average molecular weight is 154 g/mol. The lowest BCUT2D eigenvalue weighted by Gasteiger charge is -2.05. The lowest BCUT2D eigenvalue weighted by molar-refractivity contribution is -0.112. The molecule has 54 valence electrons. The van der Waals surface area contributed by atoms with E-state index in [1.807, 2.05) is 0 Å². The highest BCUT2D eigenvalue weighted by molar-refractivity contribution is 7.86. The van der Waals surface area contributed by atoms with Crippen LogP contribution >= 0.6 is 0 Å². The van der Waals surface area contributed by atoms with Crippen molar-refractivity contribution in [3.05, 3.63) is 0 Å². The Morgan fingerprint density at radius 3 is 2.22 bits per heavy atom. The molecule has 3 N–H and O–H groups in total. The van der Waals surface area contributed by atoms with Crippen LogP contribution in [-0.4, -0.2) is 30.9 Å². The van der Waals surface area contributed by atoms with Crippen LogP contribution in [0.4, 0.5) is 0 Å². The Bertz CT molecular complexity index is 185. The summed E-state index contributed by atoms with van der Waals surface area (Å²) in [5.74, 6) is 0. The van der Waals surface area contributed by atoms with Crippen molar-refractivity contribution in [2.75, 3.05) is 6.54 Å². The van der Waals surface area contributed by atoms with Crippen molar-refractivity contribution in [1.82, 2.24) is 4.47 Å². The first kappa shape index (κ1) is 8.50. The van der Waals surface area contributed by atoms with Crippen molar-refractivity contribution in [3.63, 3.8) is 0 Å². The molecule has 0 aliphatic heterocycles. The molecular weight excluding hydrogens is 148 g/mol. The van der Waals surface area contributed by atoms with Crippen molar-refractivity contribution in [2.45, 2.75) is 0 Å². The van der Waals surface area contributed by atoms with Gasteiger partial charge in [-0.25, -0.2) is 5.14 Å². The highest BCUT2D eigenvalue weighted by Crippen LogP contribution is 1.83. The van der Waals surface area contributed by atoms with Gasteiger partial charge in [-0.1, -0.05) is 4.47 Å². The molecule has 0 heterocycles. The SMILES string of the molecule is NS(=O)(=O)N(O)CC=O. The Morgan fingerprint density at radius 1 is 1.67 bits per heavy atom. The number of hydrogen-bond donors (Lipinski definition) is 2. The fourth-order valence-electron chi connectivity index (χ4n) is 0.168. The van der Waals surface area contributed by atoms with E-state index in [9.17, 15) is 13.2 Å². The summed E-state index contributed by atoms with van der Waals surface area (Å²) in [5, 5.41) is 12.6. The second-order valence-electron chi connectivity index (χ2n) is 1.22. The molecule has 0 aliphatic carbocycles. The fourth-order valence-corrected chi connectivity index (χ4v) is 0.436. The van der Waals surface area contributed by atoms with Crippen LogP contribution in [0.15, 0.2) is 0 Å². The van der Waals surface area contributed by atoms with E-state index in [1.54, 1.807) is 0 Å². The molecule has 0 aromatic carbocycles. The van der Waals surface area contributed by atoms with Gasteiger partial charge in [0.1, 0.15) is 6.29 Å². The summed E-state index contributed by atoms with van der Waals surface area (Å²) < 4.78 is 19.8. The molecule has 0 aliphatic rings. The molecule has 0 unspecified atom stereocenters. The topological polar surface area (TPSA) is 101 Å². The van der Waals surface area contributed by atoms with E-state index in [4.69, 9.17) is 5.21 Å². The van der Waals surface area contributed by atoms with Gasteiger partial charge in [0.25, 0.3) is 10.2 Å². The Kier molecular flexibility index (Phi) is 2.71. The zero-order chi connectivity index (χ0) is 7.49. The number of hydrogen-bond acceptors (Lipinski definition) is 4.